The second-order valence-electron chi connectivity index (χ2n) is 3.63. The van der Waals surface area contributed by atoms with Crippen molar-refractivity contribution in [3.63, 3.8) is 0 Å². The molecule has 7 heteroatoms. The van der Waals surface area contributed by atoms with Gasteiger partial charge < -0.3 is 15.4 Å². The standard InChI is InChI=1S/C12H15F3N2O2/c1-2-16-5-6-17-11(18)9-4-3-8(13)7-10(9)19-12(14)15/h3-4,7,12,16H,2,5-6H2,1H3,(H,17,18). The summed E-state index contributed by atoms with van der Waals surface area (Å²) in [5, 5.41) is 5.50. The van der Waals surface area contributed by atoms with Gasteiger partial charge in [-0.3, -0.25) is 4.79 Å². The fourth-order valence-electron chi connectivity index (χ4n) is 1.41. The zero-order valence-electron chi connectivity index (χ0n) is 10.4. The molecule has 0 heterocycles. The fourth-order valence-corrected chi connectivity index (χ4v) is 1.41. The van der Waals surface area contributed by atoms with Gasteiger partial charge in [0.25, 0.3) is 5.91 Å². The number of benzene rings is 1. The third kappa shape index (κ3) is 5.17. The molecule has 0 spiro atoms. The minimum absolute atomic E-state index is 0.127. The van der Waals surface area contributed by atoms with Crippen LogP contribution in [0.1, 0.15) is 17.3 Å². The van der Waals surface area contributed by atoms with Crippen molar-refractivity contribution in [3.05, 3.63) is 29.6 Å². The molecular formula is C12H15F3N2O2. The molecule has 0 saturated carbocycles. The van der Waals surface area contributed by atoms with E-state index < -0.39 is 24.1 Å². The molecule has 0 atom stereocenters. The summed E-state index contributed by atoms with van der Waals surface area (Å²) < 4.78 is 41.4. The predicted molar refractivity (Wildman–Crippen MR) is 63.9 cm³/mol. The third-order valence-corrected chi connectivity index (χ3v) is 2.24. The van der Waals surface area contributed by atoms with Crippen molar-refractivity contribution in [1.29, 1.82) is 0 Å². The lowest BCUT2D eigenvalue weighted by atomic mass is 10.2. The van der Waals surface area contributed by atoms with Gasteiger partial charge in [0.15, 0.2) is 0 Å². The Morgan fingerprint density at radius 2 is 2.11 bits per heavy atom. The van der Waals surface area contributed by atoms with Crippen LogP contribution in [-0.4, -0.2) is 32.2 Å². The molecule has 0 saturated heterocycles. The number of carbonyl (C=O) groups is 1. The average Bonchev–Trinajstić information content (AvgIpc) is 2.34. The topological polar surface area (TPSA) is 50.4 Å². The second kappa shape index (κ2) is 7.63. The van der Waals surface area contributed by atoms with Gasteiger partial charge in [-0.2, -0.15) is 8.78 Å². The Hall–Kier alpha value is -1.76. The molecule has 19 heavy (non-hydrogen) atoms. The molecule has 0 fully saturated rings. The van der Waals surface area contributed by atoms with Crippen molar-refractivity contribution in [1.82, 2.24) is 10.6 Å². The molecule has 0 aliphatic rings. The minimum atomic E-state index is -3.12. The van der Waals surface area contributed by atoms with Gasteiger partial charge >= 0.3 is 6.61 Å². The van der Waals surface area contributed by atoms with Crippen LogP contribution < -0.4 is 15.4 Å². The van der Waals surface area contributed by atoms with Gasteiger partial charge in [0.1, 0.15) is 11.6 Å². The molecule has 0 aliphatic carbocycles. The molecule has 0 bridgehead atoms. The van der Waals surface area contributed by atoms with E-state index in [0.29, 0.717) is 13.1 Å². The van der Waals surface area contributed by atoms with Crippen molar-refractivity contribution in [2.24, 2.45) is 0 Å². The van der Waals surface area contributed by atoms with E-state index in [1.165, 1.54) is 0 Å². The number of rotatable bonds is 7. The van der Waals surface area contributed by atoms with Crippen molar-refractivity contribution < 1.29 is 22.7 Å². The number of hydrogen-bond acceptors (Lipinski definition) is 3. The zero-order valence-corrected chi connectivity index (χ0v) is 10.4. The third-order valence-electron chi connectivity index (χ3n) is 2.24. The van der Waals surface area contributed by atoms with Gasteiger partial charge in [0.2, 0.25) is 0 Å². The molecule has 1 aromatic rings. The molecule has 106 valence electrons. The van der Waals surface area contributed by atoms with Crippen LogP contribution in [0, 0.1) is 5.82 Å². The van der Waals surface area contributed by atoms with E-state index in [1.54, 1.807) is 0 Å². The molecule has 1 rings (SSSR count). The van der Waals surface area contributed by atoms with Crippen LogP contribution in [0.2, 0.25) is 0 Å². The number of ether oxygens (including phenoxy) is 1. The van der Waals surface area contributed by atoms with E-state index in [9.17, 15) is 18.0 Å². The van der Waals surface area contributed by atoms with E-state index in [1.807, 2.05) is 6.92 Å². The maximum atomic E-state index is 12.9. The van der Waals surface area contributed by atoms with Crippen LogP contribution in [0.15, 0.2) is 18.2 Å². The normalized spacial score (nSPS) is 10.6. The van der Waals surface area contributed by atoms with E-state index in [2.05, 4.69) is 15.4 Å². The first-order valence-electron chi connectivity index (χ1n) is 5.78. The maximum absolute atomic E-state index is 12.9. The summed E-state index contributed by atoms with van der Waals surface area (Å²) in [6.45, 7) is 0.435. The molecule has 0 radical (unpaired) electrons. The van der Waals surface area contributed by atoms with Gasteiger partial charge in [0.05, 0.1) is 5.56 Å². The Morgan fingerprint density at radius 1 is 1.37 bits per heavy atom. The lowest BCUT2D eigenvalue weighted by Gasteiger charge is -2.11. The Balaban J connectivity index is 2.72. The Labute approximate surface area is 108 Å². The fraction of sp³-hybridized carbons (Fsp3) is 0.417. The summed E-state index contributed by atoms with van der Waals surface area (Å²) in [4.78, 5) is 11.7. The van der Waals surface area contributed by atoms with Crippen LogP contribution in [0.25, 0.3) is 0 Å². The number of hydrogen-bond donors (Lipinski definition) is 2. The van der Waals surface area contributed by atoms with Gasteiger partial charge in [-0.15, -0.1) is 0 Å². The summed E-state index contributed by atoms with van der Waals surface area (Å²) in [5.74, 6) is -1.82. The molecule has 1 amide bonds. The van der Waals surface area contributed by atoms with Crippen LogP contribution in [0.3, 0.4) is 0 Å². The number of halogens is 3. The molecule has 0 aromatic heterocycles. The summed E-state index contributed by atoms with van der Waals surface area (Å²) in [5.41, 5.74) is -0.127. The van der Waals surface area contributed by atoms with Crippen molar-refractivity contribution in [2.45, 2.75) is 13.5 Å². The largest absolute Gasteiger partial charge is 0.434 e. The SMILES string of the molecule is CCNCCNC(=O)c1ccc(F)cc1OC(F)F. The number of amides is 1. The highest BCUT2D eigenvalue weighted by Gasteiger charge is 2.16. The van der Waals surface area contributed by atoms with Gasteiger partial charge in [-0.05, 0) is 18.7 Å². The van der Waals surface area contributed by atoms with Gasteiger partial charge in [-0.25, -0.2) is 4.39 Å². The number of carbonyl (C=O) groups excluding carboxylic acids is 1. The van der Waals surface area contributed by atoms with Crippen LogP contribution in [-0.2, 0) is 0 Å². The summed E-state index contributed by atoms with van der Waals surface area (Å²) in [6, 6.07) is 2.87. The molecule has 0 unspecified atom stereocenters. The Bertz CT molecular complexity index is 427. The van der Waals surface area contributed by atoms with E-state index >= 15 is 0 Å². The van der Waals surface area contributed by atoms with Crippen molar-refractivity contribution in [3.8, 4) is 5.75 Å². The van der Waals surface area contributed by atoms with Crippen molar-refractivity contribution >= 4 is 5.91 Å². The molecule has 0 aliphatic heterocycles. The monoisotopic (exact) mass is 276 g/mol. The van der Waals surface area contributed by atoms with E-state index in [4.69, 9.17) is 0 Å². The molecule has 4 nitrogen and oxygen atoms in total. The molecule has 2 N–H and O–H groups in total. The smallest absolute Gasteiger partial charge is 0.387 e. The highest BCUT2D eigenvalue weighted by molar-refractivity contribution is 5.96. The van der Waals surface area contributed by atoms with E-state index in [-0.39, 0.29) is 5.56 Å². The average molecular weight is 276 g/mol. The summed E-state index contributed by atoms with van der Waals surface area (Å²) >= 11 is 0. The minimum Gasteiger partial charge on any atom is -0.434 e. The first kappa shape index (κ1) is 15.3. The molecule has 1 aromatic carbocycles. The maximum Gasteiger partial charge on any atom is 0.387 e. The van der Waals surface area contributed by atoms with Crippen LogP contribution in [0.4, 0.5) is 13.2 Å². The number of alkyl halides is 2. The van der Waals surface area contributed by atoms with Crippen LogP contribution in [0.5, 0.6) is 5.75 Å². The summed E-state index contributed by atoms with van der Waals surface area (Å²) in [6.07, 6.45) is 0. The lowest BCUT2D eigenvalue weighted by Crippen LogP contribution is -2.32. The quantitative estimate of drug-likeness (QED) is 0.746. The van der Waals surface area contributed by atoms with Crippen LogP contribution >= 0.6 is 0 Å². The Kier molecular flexibility index (Phi) is 6.14. The highest BCUT2D eigenvalue weighted by atomic mass is 19.3. The van der Waals surface area contributed by atoms with Crippen molar-refractivity contribution in [2.75, 3.05) is 19.6 Å². The number of nitrogens with one attached hydrogen (secondary N) is 2. The second-order valence-corrected chi connectivity index (χ2v) is 3.63. The highest BCUT2D eigenvalue weighted by Crippen LogP contribution is 2.21. The number of likely N-dealkylation sites (N-methyl/N-ethyl adjacent to an activating group) is 1. The van der Waals surface area contributed by atoms with Gasteiger partial charge in [0, 0.05) is 19.2 Å². The van der Waals surface area contributed by atoms with E-state index in [0.717, 1.165) is 24.7 Å². The Morgan fingerprint density at radius 3 is 2.74 bits per heavy atom. The predicted octanol–water partition coefficient (Wildman–Crippen LogP) is 1.77. The lowest BCUT2D eigenvalue weighted by molar-refractivity contribution is -0.0503. The first-order chi connectivity index (χ1) is 9.04. The molecular weight excluding hydrogens is 261 g/mol. The zero-order chi connectivity index (χ0) is 14.3. The van der Waals surface area contributed by atoms with Gasteiger partial charge in [-0.1, -0.05) is 6.92 Å². The summed E-state index contributed by atoms with van der Waals surface area (Å²) in [7, 11) is 0. The first-order valence-corrected chi connectivity index (χ1v) is 5.78.